The lowest BCUT2D eigenvalue weighted by Crippen LogP contribution is -2.13. The first-order chi connectivity index (χ1) is 14.0. The lowest BCUT2D eigenvalue weighted by atomic mass is 10.1. The summed E-state index contributed by atoms with van der Waals surface area (Å²) in [6.07, 6.45) is 0. The third kappa shape index (κ3) is 6.49. The zero-order valence-electron chi connectivity index (χ0n) is 16.7. The van der Waals surface area contributed by atoms with Crippen LogP contribution in [0.1, 0.15) is 29.2 Å². The topological polar surface area (TPSA) is 30.5 Å². The van der Waals surface area contributed by atoms with Crippen LogP contribution in [-0.2, 0) is 19.7 Å². The fourth-order valence-electron chi connectivity index (χ4n) is 2.92. The smallest absolute Gasteiger partial charge is 0.175 e. The van der Waals surface area contributed by atoms with Gasteiger partial charge in [0.1, 0.15) is 6.61 Å². The van der Waals surface area contributed by atoms with Crippen molar-refractivity contribution in [3.05, 3.63) is 92.4 Å². The number of rotatable bonds is 9. The molecule has 0 saturated carbocycles. The fourth-order valence-corrected chi connectivity index (χ4v) is 3.65. The van der Waals surface area contributed by atoms with E-state index < -0.39 is 0 Å². The van der Waals surface area contributed by atoms with Crippen molar-refractivity contribution in [1.29, 1.82) is 0 Å². The van der Waals surface area contributed by atoms with Crippen molar-refractivity contribution in [2.45, 2.75) is 33.5 Å². The van der Waals surface area contributed by atoms with Crippen LogP contribution >= 0.6 is 27.5 Å². The molecule has 0 aromatic heterocycles. The van der Waals surface area contributed by atoms with E-state index in [1.807, 2.05) is 37.3 Å². The number of aryl methyl sites for hydroxylation is 1. The van der Waals surface area contributed by atoms with Crippen LogP contribution in [-0.4, -0.2) is 6.61 Å². The molecule has 5 heteroatoms. The Balaban J connectivity index is 1.66. The normalized spacial score (nSPS) is 10.8. The van der Waals surface area contributed by atoms with Crippen molar-refractivity contribution in [3.8, 4) is 11.5 Å². The molecule has 0 aliphatic rings. The summed E-state index contributed by atoms with van der Waals surface area (Å²) < 4.78 is 12.8. The summed E-state index contributed by atoms with van der Waals surface area (Å²) in [4.78, 5) is 0. The molecule has 29 heavy (non-hydrogen) atoms. The maximum absolute atomic E-state index is 6.05. The molecular formula is C24H25BrClNO2. The largest absolute Gasteiger partial charge is 0.490 e. The minimum Gasteiger partial charge on any atom is -0.490 e. The molecule has 152 valence electrons. The fraction of sp³-hybridized carbons (Fsp3) is 0.250. The third-order valence-corrected chi connectivity index (χ3v) is 5.29. The standard InChI is InChI=1S/C24H25BrClNO2/c1-3-28-23-13-20(15-27-14-18-6-4-17(2)5-7-18)12-22(25)24(23)29-16-19-8-10-21(26)11-9-19/h4-13,27H,3,14-16H2,1-2H3. The summed E-state index contributed by atoms with van der Waals surface area (Å²) in [6, 6.07) is 20.3. The van der Waals surface area contributed by atoms with Crippen LogP contribution in [0.3, 0.4) is 0 Å². The van der Waals surface area contributed by atoms with Crippen molar-refractivity contribution in [2.75, 3.05) is 6.61 Å². The molecule has 0 aliphatic heterocycles. The van der Waals surface area contributed by atoms with Crippen LogP contribution in [0.5, 0.6) is 11.5 Å². The van der Waals surface area contributed by atoms with Gasteiger partial charge < -0.3 is 14.8 Å². The Morgan fingerprint density at radius 2 is 1.52 bits per heavy atom. The van der Waals surface area contributed by atoms with Crippen molar-refractivity contribution >= 4 is 27.5 Å². The molecule has 3 aromatic rings. The van der Waals surface area contributed by atoms with E-state index in [2.05, 4.69) is 58.5 Å². The predicted molar refractivity (Wildman–Crippen MR) is 123 cm³/mol. The van der Waals surface area contributed by atoms with Gasteiger partial charge in [-0.2, -0.15) is 0 Å². The Bertz CT molecular complexity index is 927. The third-order valence-electron chi connectivity index (χ3n) is 4.44. The summed E-state index contributed by atoms with van der Waals surface area (Å²) in [5, 5.41) is 4.20. The van der Waals surface area contributed by atoms with Crippen molar-refractivity contribution < 1.29 is 9.47 Å². The molecule has 0 spiro atoms. The number of benzene rings is 3. The molecule has 3 nitrogen and oxygen atoms in total. The summed E-state index contributed by atoms with van der Waals surface area (Å²) >= 11 is 9.60. The first-order valence-corrected chi connectivity index (χ1v) is 10.8. The van der Waals surface area contributed by atoms with E-state index >= 15 is 0 Å². The quantitative estimate of drug-likeness (QED) is 0.375. The number of ether oxygens (including phenoxy) is 2. The molecular weight excluding hydrogens is 450 g/mol. The first kappa shape index (κ1) is 21.7. The van der Waals surface area contributed by atoms with Crippen LogP contribution in [0.2, 0.25) is 5.02 Å². The lowest BCUT2D eigenvalue weighted by molar-refractivity contribution is 0.267. The molecule has 3 rings (SSSR count). The van der Waals surface area contributed by atoms with E-state index in [1.165, 1.54) is 11.1 Å². The van der Waals surface area contributed by atoms with Gasteiger partial charge in [-0.1, -0.05) is 53.6 Å². The van der Waals surface area contributed by atoms with Gasteiger partial charge in [-0.25, -0.2) is 0 Å². The highest BCUT2D eigenvalue weighted by atomic mass is 79.9. The molecule has 0 radical (unpaired) electrons. The van der Waals surface area contributed by atoms with Crippen LogP contribution < -0.4 is 14.8 Å². The highest BCUT2D eigenvalue weighted by molar-refractivity contribution is 9.10. The molecule has 0 amide bonds. The second-order valence-corrected chi connectivity index (χ2v) is 8.13. The monoisotopic (exact) mass is 473 g/mol. The molecule has 0 aliphatic carbocycles. The van der Waals surface area contributed by atoms with Crippen molar-refractivity contribution in [2.24, 2.45) is 0 Å². The molecule has 0 bridgehead atoms. The highest BCUT2D eigenvalue weighted by Crippen LogP contribution is 2.37. The van der Waals surface area contributed by atoms with Gasteiger partial charge in [-0.3, -0.25) is 0 Å². The summed E-state index contributed by atoms with van der Waals surface area (Å²) in [5.41, 5.74) is 4.72. The van der Waals surface area contributed by atoms with E-state index in [0.717, 1.165) is 34.4 Å². The van der Waals surface area contributed by atoms with Crippen molar-refractivity contribution in [1.82, 2.24) is 5.32 Å². The number of nitrogens with one attached hydrogen (secondary N) is 1. The maximum Gasteiger partial charge on any atom is 0.175 e. The highest BCUT2D eigenvalue weighted by Gasteiger charge is 2.13. The average Bonchev–Trinajstić information content (AvgIpc) is 2.70. The first-order valence-electron chi connectivity index (χ1n) is 9.64. The van der Waals surface area contributed by atoms with E-state index in [9.17, 15) is 0 Å². The van der Waals surface area contributed by atoms with Gasteiger partial charge in [0.25, 0.3) is 0 Å². The predicted octanol–water partition coefficient (Wildman–Crippen LogP) is 6.68. The van der Waals surface area contributed by atoms with Crippen LogP contribution in [0.25, 0.3) is 0 Å². The number of hydrogen-bond acceptors (Lipinski definition) is 3. The second kappa shape index (κ2) is 10.7. The minimum atomic E-state index is 0.445. The number of halogens is 2. The van der Waals surface area contributed by atoms with Crippen LogP contribution in [0.15, 0.2) is 65.1 Å². The zero-order chi connectivity index (χ0) is 20.6. The van der Waals surface area contributed by atoms with Gasteiger partial charge in [0.15, 0.2) is 11.5 Å². The molecule has 0 unspecified atom stereocenters. The van der Waals surface area contributed by atoms with Gasteiger partial charge in [0.05, 0.1) is 11.1 Å². The molecule has 0 fully saturated rings. The zero-order valence-corrected chi connectivity index (χ0v) is 19.0. The van der Waals surface area contributed by atoms with Gasteiger partial charge in [-0.05, 0) is 70.7 Å². The van der Waals surface area contributed by atoms with E-state index in [1.54, 1.807) is 0 Å². The Morgan fingerprint density at radius 3 is 2.21 bits per heavy atom. The average molecular weight is 475 g/mol. The molecule has 0 saturated heterocycles. The van der Waals surface area contributed by atoms with Crippen LogP contribution in [0.4, 0.5) is 0 Å². The summed E-state index contributed by atoms with van der Waals surface area (Å²) in [7, 11) is 0. The van der Waals surface area contributed by atoms with E-state index in [0.29, 0.717) is 24.0 Å². The van der Waals surface area contributed by atoms with Crippen LogP contribution in [0, 0.1) is 6.92 Å². The Hall–Kier alpha value is -2.01. The van der Waals surface area contributed by atoms with Gasteiger partial charge >= 0.3 is 0 Å². The maximum atomic E-state index is 6.05. The van der Waals surface area contributed by atoms with E-state index in [4.69, 9.17) is 21.1 Å². The molecule has 3 aromatic carbocycles. The molecule has 0 atom stereocenters. The second-order valence-electron chi connectivity index (χ2n) is 6.84. The van der Waals surface area contributed by atoms with Gasteiger partial charge in [0.2, 0.25) is 0 Å². The van der Waals surface area contributed by atoms with Gasteiger partial charge in [0, 0.05) is 18.1 Å². The van der Waals surface area contributed by atoms with Gasteiger partial charge in [-0.15, -0.1) is 0 Å². The minimum absolute atomic E-state index is 0.445. The Kier molecular flexibility index (Phi) is 7.99. The molecule has 1 N–H and O–H groups in total. The van der Waals surface area contributed by atoms with E-state index in [-0.39, 0.29) is 0 Å². The Morgan fingerprint density at radius 1 is 0.862 bits per heavy atom. The summed E-state index contributed by atoms with van der Waals surface area (Å²) in [5.74, 6) is 1.45. The summed E-state index contributed by atoms with van der Waals surface area (Å²) in [6.45, 7) is 6.64. The molecule has 0 heterocycles. The van der Waals surface area contributed by atoms with Crippen molar-refractivity contribution in [3.63, 3.8) is 0 Å². The SMILES string of the molecule is CCOc1cc(CNCc2ccc(C)cc2)cc(Br)c1OCc1ccc(Cl)cc1. The lowest BCUT2D eigenvalue weighted by Gasteiger charge is -2.16. The number of hydrogen-bond donors (Lipinski definition) is 1. The Labute approximate surface area is 186 Å².